The van der Waals surface area contributed by atoms with Crippen molar-refractivity contribution in [2.24, 2.45) is 10.9 Å². The Kier molecular flexibility index (Phi) is 2.65. The van der Waals surface area contributed by atoms with E-state index in [0.29, 0.717) is 5.71 Å². The van der Waals surface area contributed by atoms with E-state index in [1.807, 2.05) is 12.2 Å². The van der Waals surface area contributed by atoms with Gasteiger partial charge in [0.2, 0.25) is 0 Å². The summed E-state index contributed by atoms with van der Waals surface area (Å²) in [6.07, 6.45) is 7.22. The second kappa shape index (κ2) is 3.72. The first-order valence-electron chi connectivity index (χ1n) is 3.89. The molecule has 0 heterocycles. The third-order valence-electron chi connectivity index (χ3n) is 1.89. The highest BCUT2D eigenvalue weighted by molar-refractivity contribution is 6.17. The number of hydrazone groups is 1. The van der Waals surface area contributed by atoms with Crippen LogP contribution >= 0.6 is 0 Å². The van der Waals surface area contributed by atoms with E-state index in [-0.39, 0.29) is 0 Å². The molecule has 13 heavy (non-hydrogen) atoms. The Morgan fingerprint density at radius 1 is 1.23 bits per heavy atom. The summed E-state index contributed by atoms with van der Waals surface area (Å²) in [5, 5.41) is 3.67. The summed E-state index contributed by atoms with van der Waals surface area (Å²) in [5.41, 5.74) is 3.31. The lowest BCUT2D eigenvalue weighted by molar-refractivity contribution is 1.24. The first-order chi connectivity index (χ1) is 6.24. The molecule has 0 amide bonds. The normalized spacial score (nSPS) is 19.4. The second-order valence-corrected chi connectivity index (χ2v) is 2.61. The maximum absolute atomic E-state index is 5.25. The van der Waals surface area contributed by atoms with Gasteiger partial charge in [0.25, 0.3) is 0 Å². The molecule has 1 rings (SSSR count). The average Bonchev–Trinajstić information content (AvgIpc) is 2.17. The van der Waals surface area contributed by atoms with Gasteiger partial charge < -0.3 is 5.84 Å². The Hall–Kier alpha value is -1.83. The van der Waals surface area contributed by atoms with Crippen LogP contribution in [-0.4, -0.2) is 5.71 Å². The molecule has 0 atom stereocenters. The highest BCUT2D eigenvalue weighted by Crippen LogP contribution is 2.20. The summed E-state index contributed by atoms with van der Waals surface area (Å²) in [7, 11) is 0. The number of nitrogens with two attached hydrogens (primary N) is 1. The fourth-order valence-electron chi connectivity index (χ4n) is 1.21. The van der Waals surface area contributed by atoms with Gasteiger partial charge in [-0.2, -0.15) is 5.10 Å². The molecule has 0 aliphatic heterocycles. The number of rotatable bonds is 2. The molecule has 2 N–H and O–H groups in total. The molecule has 2 heteroatoms. The van der Waals surface area contributed by atoms with Gasteiger partial charge in [0, 0.05) is 5.57 Å². The van der Waals surface area contributed by atoms with Gasteiger partial charge in [-0.05, 0) is 11.1 Å². The smallest absolute Gasteiger partial charge is 0.0971 e. The zero-order valence-corrected chi connectivity index (χ0v) is 7.46. The van der Waals surface area contributed by atoms with Crippen LogP contribution in [0, 0.1) is 0 Å². The van der Waals surface area contributed by atoms with E-state index in [2.05, 4.69) is 24.8 Å². The maximum atomic E-state index is 5.25. The molecule has 0 bridgehead atoms. The molecule has 0 unspecified atom stereocenters. The number of nitrogens with zero attached hydrogens (tertiary/aromatic N) is 1. The zero-order valence-electron chi connectivity index (χ0n) is 7.46. The van der Waals surface area contributed by atoms with Crippen molar-refractivity contribution in [2.75, 3.05) is 0 Å². The van der Waals surface area contributed by atoms with Crippen molar-refractivity contribution in [1.82, 2.24) is 0 Å². The number of allylic oxidation sites excluding steroid dienone is 7. The first kappa shape index (κ1) is 9.26. The minimum atomic E-state index is 0.674. The molecule has 0 aromatic carbocycles. The molecule has 0 aromatic heterocycles. The standard InChI is InChI=1S/C11H12N2/c1-4-9-7-6-8(3)11(13-12)10(9)5-2/h4-7H,1-3,12H2/b13-11+. The molecule has 66 valence electrons. The quantitative estimate of drug-likeness (QED) is 0.502. The number of hydrogen-bond acceptors (Lipinski definition) is 2. The minimum Gasteiger partial charge on any atom is -0.323 e. The molecule has 0 spiro atoms. The van der Waals surface area contributed by atoms with Crippen molar-refractivity contribution in [3.8, 4) is 0 Å². The molecule has 1 aliphatic carbocycles. The van der Waals surface area contributed by atoms with E-state index < -0.39 is 0 Å². The van der Waals surface area contributed by atoms with Crippen LogP contribution in [0.1, 0.15) is 0 Å². The molecule has 2 nitrogen and oxygen atoms in total. The summed E-state index contributed by atoms with van der Waals surface area (Å²) in [4.78, 5) is 0. The van der Waals surface area contributed by atoms with Gasteiger partial charge in [-0.15, -0.1) is 0 Å². The molecule has 0 aromatic rings. The maximum Gasteiger partial charge on any atom is 0.0971 e. The van der Waals surface area contributed by atoms with Gasteiger partial charge in [-0.3, -0.25) is 0 Å². The van der Waals surface area contributed by atoms with Gasteiger partial charge in [0.15, 0.2) is 0 Å². The molecule has 0 radical (unpaired) electrons. The highest BCUT2D eigenvalue weighted by Gasteiger charge is 2.13. The van der Waals surface area contributed by atoms with Crippen LogP contribution in [0.3, 0.4) is 0 Å². The first-order valence-corrected chi connectivity index (χ1v) is 3.89. The lowest BCUT2D eigenvalue weighted by atomic mass is 9.93. The Morgan fingerprint density at radius 2 is 1.92 bits per heavy atom. The molecular formula is C11H12N2. The average molecular weight is 172 g/mol. The largest absolute Gasteiger partial charge is 0.323 e. The van der Waals surface area contributed by atoms with E-state index in [4.69, 9.17) is 5.84 Å². The predicted molar refractivity (Wildman–Crippen MR) is 57.3 cm³/mol. The van der Waals surface area contributed by atoms with Gasteiger partial charge >= 0.3 is 0 Å². The van der Waals surface area contributed by atoms with E-state index in [0.717, 1.165) is 16.7 Å². The van der Waals surface area contributed by atoms with Gasteiger partial charge in [-0.1, -0.05) is 44.0 Å². The summed E-state index contributed by atoms with van der Waals surface area (Å²) in [5.74, 6) is 5.25. The zero-order chi connectivity index (χ0) is 9.84. The monoisotopic (exact) mass is 172 g/mol. The van der Waals surface area contributed by atoms with Crippen LogP contribution in [0.4, 0.5) is 0 Å². The molecular weight excluding hydrogens is 160 g/mol. The lowest BCUT2D eigenvalue weighted by Gasteiger charge is -2.13. The fraction of sp³-hybridized carbons (Fsp3) is 0. The second-order valence-electron chi connectivity index (χ2n) is 2.61. The molecule has 0 saturated carbocycles. The van der Waals surface area contributed by atoms with Crippen LogP contribution < -0.4 is 5.84 Å². The van der Waals surface area contributed by atoms with Crippen molar-refractivity contribution >= 4 is 5.71 Å². The molecule has 0 saturated heterocycles. The van der Waals surface area contributed by atoms with E-state index >= 15 is 0 Å². The molecule has 1 aliphatic rings. The van der Waals surface area contributed by atoms with Crippen LogP contribution in [0.5, 0.6) is 0 Å². The number of hydrogen-bond donors (Lipinski definition) is 1. The predicted octanol–water partition coefficient (Wildman–Crippen LogP) is 2.10. The van der Waals surface area contributed by atoms with E-state index in [1.165, 1.54) is 0 Å². The van der Waals surface area contributed by atoms with Crippen molar-refractivity contribution in [1.29, 1.82) is 0 Å². The van der Waals surface area contributed by atoms with Gasteiger partial charge in [0.1, 0.15) is 0 Å². The topological polar surface area (TPSA) is 38.4 Å². The van der Waals surface area contributed by atoms with Gasteiger partial charge in [0.05, 0.1) is 5.71 Å². The van der Waals surface area contributed by atoms with Crippen molar-refractivity contribution in [3.63, 3.8) is 0 Å². The summed E-state index contributed by atoms with van der Waals surface area (Å²) in [6.45, 7) is 11.2. The van der Waals surface area contributed by atoms with E-state index in [9.17, 15) is 0 Å². The third kappa shape index (κ3) is 1.51. The Labute approximate surface area is 78.1 Å². The summed E-state index contributed by atoms with van der Waals surface area (Å²) < 4.78 is 0. The van der Waals surface area contributed by atoms with Crippen LogP contribution in [0.15, 0.2) is 65.9 Å². The van der Waals surface area contributed by atoms with Crippen LogP contribution in [0.25, 0.3) is 0 Å². The van der Waals surface area contributed by atoms with Gasteiger partial charge in [-0.25, -0.2) is 0 Å². The molecule has 0 fully saturated rings. The fourth-order valence-corrected chi connectivity index (χ4v) is 1.21. The Bertz CT molecular complexity index is 354. The van der Waals surface area contributed by atoms with Crippen LogP contribution in [-0.2, 0) is 0 Å². The third-order valence-corrected chi connectivity index (χ3v) is 1.89. The van der Waals surface area contributed by atoms with Crippen molar-refractivity contribution < 1.29 is 0 Å². The highest BCUT2D eigenvalue weighted by atomic mass is 15.1. The van der Waals surface area contributed by atoms with Crippen LogP contribution in [0.2, 0.25) is 0 Å². The van der Waals surface area contributed by atoms with E-state index in [1.54, 1.807) is 12.2 Å². The Morgan fingerprint density at radius 3 is 2.38 bits per heavy atom. The lowest BCUT2D eigenvalue weighted by Crippen LogP contribution is -2.10. The van der Waals surface area contributed by atoms with Crippen molar-refractivity contribution in [2.45, 2.75) is 0 Å². The van der Waals surface area contributed by atoms with Crippen molar-refractivity contribution in [3.05, 3.63) is 60.8 Å². The Balaban J connectivity index is 3.33. The summed E-state index contributed by atoms with van der Waals surface area (Å²) in [6, 6.07) is 0. The minimum absolute atomic E-state index is 0.674. The summed E-state index contributed by atoms with van der Waals surface area (Å²) >= 11 is 0. The SMILES string of the molecule is C=CC1=C(C=C)/C(=N/N)C(=C)C=C1.